The van der Waals surface area contributed by atoms with Crippen LogP contribution in [0, 0.1) is 23.7 Å². The summed E-state index contributed by atoms with van der Waals surface area (Å²) in [5, 5.41) is 34.9. The predicted molar refractivity (Wildman–Crippen MR) is 367 cm³/mol. The number of hydrogen-bond donors (Lipinski definition) is 7. The maximum absolute atomic E-state index is 13.1. The summed E-state index contributed by atoms with van der Waals surface area (Å²) in [4.78, 5) is 88.1. The van der Waals surface area contributed by atoms with Gasteiger partial charge in [-0.05, 0) is 123 Å². The molecule has 4 amide bonds. The van der Waals surface area contributed by atoms with Crippen molar-refractivity contribution in [2.45, 2.75) is 112 Å². The van der Waals surface area contributed by atoms with Crippen molar-refractivity contribution in [2.24, 2.45) is 23.7 Å². The first-order chi connectivity index (χ1) is 45.7. The van der Waals surface area contributed by atoms with Crippen LogP contribution in [0.15, 0.2) is 176 Å². The summed E-state index contributed by atoms with van der Waals surface area (Å²) < 4.78 is 21.8. The van der Waals surface area contributed by atoms with Crippen molar-refractivity contribution in [2.75, 3.05) is 42.4 Å². The van der Waals surface area contributed by atoms with Gasteiger partial charge in [-0.15, -0.1) is 0 Å². The van der Waals surface area contributed by atoms with Gasteiger partial charge in [-0.25, -0.2) is 19.3 Å². The summed E-state index contributed by atoms with van der Waals surface area (Å²) in [6.07, 6.45) is 1.56. The number of benzene rings is 7. The summed E-state index contributed by atoms with van der Waals surface area (Å²) >= 11 is 0. The standard InChI is InChI=1S/C31H34N2O5.C24H27NO5.C14H17NO3.C7H9NO/c1-19(2)29(28(35)16-20(3)30(36)32-22-14-12-21(17-34)13-15-22)33-31(37)38-18-27-25-10-6-4-8-23(25)24-9-5-7-11-26(24)27;1-14(2)22(21(26)12-15(3)23(27)28)25-24(29)30-13-20-18-10-6-4-8-16(18)17-9-5-7-11-19(17)20;1-3-17-13-10-9-11-7-5-6-8-12(11)15(13)14(16)18-4-2;8-7-3-1-6(5-9)2-4-7/h4-15,19-20,27,29,34H,16-18H2,1-3H3,(H,32,36)(H,33,37);4-11,14-15,20,22H,12-13H2,1-3H3,(H,25,29)(H,27,28);5-10,13H,3-4H2,1-2H3;1-4,9H,5,8H2/t20-,29+;15-,22+;;/m11../s1. The second-order valence-corrected chi connectivity index (χ2v) is 23.9. The number of anilines is 3. The third-order valence-electron chi connectivity index (χ3n) is 16.4. The average Bonchev–Trinajstić information content (AvgIpc) is 1.66. The molecule has 0 fully saturated rings. The number of amides is 4. The van der Waals surface area contributed by atoms with Gasteiger partial charge in [-0.2, -0.15) is 0 Å². The van der Waals surface area contributed by atoms with Crippen LogP contribution in [-0.4, -0.2) is 102 Å². The maximum atomic E-state index is 13.1. The minimum Gasteiger partial charge on any atom is -0.481 e. The minimum absolute atomic E-state index is 0.0208. The van der Waals surface area contributed by atoms with Crippen LogP contribution in [-0.2, 0) is 51.3 Å². The summed E-state index contributed by atoms with van der Waals surface area (Å²) in [7, 11) is 0. The number of nitrogens with zero attached hydrogens (tertiary/aromatic N) is 1. The average molecular weight is 1290 g/mol. The number of fused-ring (bicyclic) bond motifs is 7. The van der Waals surface area contributed by atoms with E-state index < -0.39 is 48.3 Å². The van der Waals surface area contributed by atoms with Gasteiger partial charge in [0, 0.05) is 48.6 Å². The zero-order valence-electron chi connectivity index (χ0n) is 55.0. The van der Waals surface area contributed by atoms with Crippen molar-refractivity contribution in [1.82, 2.24) is 10.6 Å². The monoisotopic (exact) mass is 1290 g/mol. The SMILES string of the molecule is CC(C)[C@H](NC(=O)OCC1c2ccccc2-c2ccccc21)C(=O)C[C@@H](C)C(=O)Nc1ccc(CO)cc1.CC(C)[C@H](NC(=O)OCC1c2ccccc2-c2ccccc21)C(=O)C[C@@H](C)C(=O)O.CCOC(=O)N1c2ccccc2C=CC1OCC.Nc1ccc(CO)cc1. The van der Waals surface area contributed by atoms with E-state index in [1.807, 2.05) is 118 Å². The molecule has 95 heavy (non-hydrogen) atoms. The summed E-state index contributed by atoms with van der Waals surface area (Å²) in [5.41, 5.74) is 19.2. The number of carbonyl (C=O) groups excluding carboxylic acids is 6. The quantitative estimate of drug-likeness (QED) is 0.0245. The highest BCUT2D eigenvalue weighted by atomic mass is 16.6. The van der Waals surface area contributed by atoms with E-state index in [0.717, 1.165) is 72.6 Å². The number of carboxylic acid groups (broad SMARTS) is 1. The zero-order valence-corrected chi connectivity index (χ0v) is 55.0. The number of aliphatic hydroxyl groups is 2. The molecule has 7 aromatic carbocycles. The van der Waals surface area contributed by atoms with Gasteiger partial charge < -0.3 is 56.0 Å². The second kappa shape index (κ2) is 35.4. The fraction of sp³-hybridized carbons (Fsp3) is 0.329. The number of ether oxygens (including phenoxy) is 4. The number of Topliss-reactive ketones (excluding diaryl/α,β-unsaturated/α-hetero) is 2. The van der Waals surface area contributed by atoms with Crippen LogP contribution < -0.4 is 26.6 Å². The number of ketones is 2. The lowest BCUT2D eigenvalue weighted by molar-refractivity contribution is -0.143. The molecule has 19 nitrogen and oxygen atoms in total. The third-order valence-corrected chi connectivity index (χ3v) is 16.4. The molecule has 1 aliphatic heterocycles. The number of carboxylic acids is 1. The predicted octanol–water partition coefficient (Wildman–Crippen LogP) is 13.3. The Morgan fingerprint density at radius 3 is 1.34 bits per heavy atom. The first-order valence-electron chi connectivity index (χ1n) is 32.0. The summed E-state index contributed by atoms with van der Waals surface area (Å²) in [6, 6.07) is 52.4. The molecule has 19 heteroatoms. The fourth-order valence-corrected chi connectivity index (χ4v) is 11.3. The van der Waals surface area contributed by atoms with Crippen LogP contribution in [0.4, 0.5) is 31.4 Å². The zero-order chi connectivity index (χ0) is 68.7. The van der Waals surface area contributed by atoms with Crippen LogP contribution in [0.1, 0.15) is 119 Å². The van der Waals surface area contributed by atoms with E-state index in [1.165, 1.54) is 6.92 Å². The number of aliphatic hydroxyl groups excluding tert-OH is 2. The molecule has 10 rings (SSSR count). The normalized spacial score (nSPS) is 14.3. The number of nitrogens with one attached hydrogen (secondary N) is 3. The Morgan fingerprint density at radius 2 is 0.926 bits per heavy atom. The third kappa shape index (κ3) is 19.6. The summed E-state index contributed by atoms with van der Waals surface area (Å²) in [5.74, 6) is -3.76. The number of aliphatic carboxylic acids is 1. The van der Waals surface area contributed by atoms with Crippen molar-refractivity contribution >= 4 is 64.9 Å². The number of alkyl carbamates (subject to hydrolysis) is 2. The van der Waals surface area contributed by atoms with Gasteiger partial charge in [0.1, 0.15) is 13.2 Å². The first kappa shape index (κ1) is 72.5. The Balaban J connectivity index is 0.000000197. The highest BCUT2D eigenvalue weighted by Crippen LogP contribution is 2.46. The molecular formula is C76H87N5O14. The molecule has 5 atom stereocenters. The molecule has 2 aliphatic carbocycles. The van der Waals surface area contributed by atoms with Crippen molar-refractivity contribution < 1.29 is 67.8 Å². The molecule has 500 valence electrons. The lowest BCUT2D eigenvalue weighted by Crippen LogP contribution is -2.45. The van der Waals surface area contributed by atoms with E-state index in [-0.39, 0.29) is 86.5 Å². The molecule has 0 aromatic heterocycles. The molecule has 1 unspecified atom stereocenters. The Labute approximate surface area is 555 Å². The Bertz CT molecular complexity index is 3680. The highest BCUT2D eigenvalue weighted by Gasteiger charge is 2.34. The van der Waals surface area contributed by atoms with Crippen molar-refractivity contribution in [3.8, 4) is 22.3 Å². The fourth-order valence-electron chi connectivity index (χ4n) is 11.3. The molecule has 7 aromatic rings. The minimum atomic E-state index is -1.04. The van der Waals surface area contributed by atoms with E-state index in [4.69, 9.17) is 40.0 Å². The number of nitrogen functional groups attached to an aromatic ring is 1. The van der Waals surface area contributed by atoms with E-state index >= 15 is 0 Å². The van der Waals surface area contributed by atoms with Gasteiger partial charge in [0.25, 0.3) is 0 Å². The first-order valence-corrected chi connectivity index (χ1v) is 32.0. The molecule has 0 saturated carbocycles. The van der Waals surface area contributed by atoms with Gasteiger partial charge in [0.05, 0.1) is 43.5 Å². The van der Waals surface area contributed by atoms with Crippen LogP contribution in [0.5, 0.6) is 0 Å². The van der Waals surface area contributed by atoms with E-state index in [1.54, 1.807) is 81.1 Å². The highest BCUT2D eigenvalue weighted by molar-refractivity contribution is 5.97. The Kier molecular flexibility index (Phi) is 27.0. The number of nitrogens with two attached hydrogens (primary N) is 1. The van der Waals surface area contributed by atoms with E-state index in [0.29, 0.717) is 18.9 Å². The number of rotatable bonds is 22. The molecule has 8 N–H and O–H groups in total. The van der Waals surface area contributed by atoms with Crippen molar-refractivity contribution in [3.05, 3.63) is 215 Å². The largest absolute Gasteiger partial charge is 0.481 e. The van der Waals surface area contributed by atoms with Gasteiger partial charge >= 0.3 is 24.2 Å². The number of hydrogen-bond acceptors (Lipinski definition) is 14. The topological polar surface area (TPSA) is 282 Å². The Morgan fingerprint density at radius 1 is 0.516 bits per heavy atom. The van der Waals surface area contributed by atoms with Crippen molar-refractivity contribution in [3.63, 3.8) is 0 Å². The van der Waals surface area contributed by atoms with Crippen LogP contribution >= 0.6 is 0 Å². The van der Waals surface area contributed by atoms with Crippen molar-refractivity contribution in [1.29, 1.82) is 0 Å². The van der Waals surface area contributed by atoms with Crippen LogP contribution in [0.2, 0.25) is 0 Å². The molecule has 3 aliphatic rings. The smallest absolute Gasteiger partial charge is 0.416 e. The van der Waals surface area contributed by atoms with E-state index in [9.17, 15) is 33.6 Å². The molecule has 0 saturated heterocycles. The Hall–Kier alpha value is -9.95. The van der Waals surface area contributed by atoms with E-state index in [2.05, 4.69) is 52.3 Å². The van der Waals surface area contributed by atoms with Gasteiger partial charge in [-0.3, -0.25) is 19.2 Å². The molecule has 0 bridgehead atoms. The van der Waals surface area contributed by atoms with Gasteiger partial charge in [0.2, 0.25) is 5.91 Å². The van der Waals surface area contributed by atoms with Gasteiger partial charge in [0.15, 0.2) is 17.8 Å². The lowest BCUT2D eigenvalue weighted by Gasteiger charge is -2.32. The number of para-hydroxylation sites is 1. The van der Waals surface area contributed by atoms with Crippen LogP contribution in [0.3, 0.4) is 0 Å². The van der Waals surface area contributed by atoms with Crippen LogP contribution in [0.25, 0.3) is 28.3 Å². The lowest BCUT2D eigenvalue weighted by atomic mass is 9.93. The number of carbonyl (C=O) groups is 7. The molecule has 1 heterocycles. The molecular weight excluding hydrogens is 1210 g/mol. The molecule has 0 spiro atoms. The second-order valence-electron chi connectivity index (χ2n) is 23.9. The maximum Gasteiger partial charge on any atom is 0.416 e. The summed E-state index contributed by atoms with van der Waals surface area (Å²) in [6.45, 7) is 15.4. The van der Waals surface area contributed by atoms with Gasteiger partial charge in [-0.1, -0.05) is 187 Å². The molecule has 0 radical (unpaired) electrons.